The van der Waals surface area contributed by atoms with Gasteiger partial charge >= 0.3 is 0 Å². The summed E-state index contributed by atoms with van der Waals surface area (Å²) in [4.78, 5) is 26.1. The largest absolute Gasteiger partial charge is 0.595 e. The number of hydrogen-bond acceptors (Lipinski definition) is 6. The Morgan fingerprint density at radius 2 is 1.29 bits per heavy atom. The van der Waals surface area contributed by atoms with Crippen molar-refractivity contribution in [1.29, 1.82) is 0 Å². The maximum atomic E-state index is 13.1. The number of quaternary nitrogens is 2. The maximum absolute atomic E-state index is 13.1. The van der Waals surface area contributed by atoms with Gasteiger partial charge in [-0.1, -0.05) is 20.8 Å². The zero-order chi connectivity index (χ0) is 24.8. The van der Waals surface area contributed by atoms with Crippen LogP contribution in [0, 0.1) is 27.2 Å². The SMILES string of the molecule is CC1(C)[C@H]2CC[C@]1(C)[C@H](NC(=O)c1ccc([NH+]([O-])O)cc1)[C@@H]2NC(=O)c1ccc([NH+]([O-])O)cc1. The monoisotopic (exact) mass is 470 g/mol. The van der Waals surface area contributed by atoms with Gasteiger partial charge in [0.2, 0.25) is 0 Å². The molecule has 182 valence electrons. The van der Waals surface area contributed by atoms with E-state index in [2.05, 4.69) is 31.4 Å². The predicted molar refractivity (Wildman–Crippen MR) is 122 cm³/mol. The van der Waals surface area contributed by atoms with Crippen LogP contribution < -0.4 is 21.1 Å². The van der Waals surface area contributed by atoms with Crippen molar-refractivity contribution in [2.75, 3.05) is 0 Å². The number of rotatable bonds is 6. The van der Waals surface area contributed by atoms with Gasteiger partial charge < -0.3 is 21.0 Å². The molecule has 0 radical (unpaired) electrons. The fourth-order valence-corrected chi connectivity index (χ4v) is 5.80. The molecule has 2 saturated carbocycles. The van der Waals surface area contributed by atoms with Crippen LogP contribution in [-0.2, 0) is 0 Å². The smallest absolute Gasteiger partial charge is 0.251 e. The lowest BCUT2D eigenvalue weighted by Gasteiger charge is -2.40. The Kier molecular flexibility index (Phi) is 6.23. The topological polar surface area (TPSA) is 154 Å². The highest BCUT2D eigenvalue weighted by molar-refractivity contribution is 5.96. The number of fused-ring (bicyclic) bond motifs is 2. The quantitative estimate of drug-likeness (QED) is 0.344. The molecule has 2 bridgehead atoms. The zero-order valence-electron chi connectivity index (χ0n) is 19.3. The fourth-order valence-electron chi connectivity index (χ4n) is 5.80. The van der Waals surface area contributed by atoms with Crippen LogP contribution in [0.1, 0.15) is 54.3 Å². The first kappa shape index (κ1) is 24.3. The minimum Gasteiger partial charge on any atom is -0.595 e. The van der Waals surface area contributed by atoms with Crippen molar-refractivity contribution in [2.45, 2.75) is 45.7 Å². The van der Waals surface area contributed by atoms with E-state index in [-0.39, 0.29) is 52.0 Å². The van der Waals surface area contributed by atoms with Crippen LogP contribution in [0.5, 0.6) is 0 Å². The summed E-state index contributed by atoms with van der Waals surface area (Å²) in [6.45, 7) is 6.47. The van der Waals surface area contributed by atoms with Gasteiger partial charge in [0.15, 0.2) is 11.4 Å². The summed E-state index contributed by atoms with van der Waals surface area (Å²) in [6.07, 6.45) is 1.83. The van der Waals surface area contributed by atoms with Crippen LogP contribution >= 0.6 is 0 Å². The molecule has 34 heavy (non-hydrogen) atoms. The molecular weight excluding hydrogens is 440 g/mol. The Bertz CT molecular complexity index is 1070. The lowest BCUT2D eigenvalue weighted by Crippen LogP contribution is -2.99. The second-order valence-electron chi connectivity index (χ2n) is 10.00. The average Bonchev–Trinajstić information content (AvgIpc) is 3.12. The molecular formula is C24H30N4O6. The second-order valence-corrected chi connectivity index (χ2v) is 10.00. The molecule has 0 spiro atoms. The number of hydrogen-bond donors (Lipinski definition) is 6. The van der Waals surface area contributed by atoms with E-state index >= 15 is 0 Å². The van der Waals surface area contributed by atoms with Crippen molar-refractivity contribution >= 4 is 23.2 Å². The minimum absolute atomic E-state index is 0.101. The molecule has 4 rings (SSSR count). The van der Waals surface area contributed by atoms with Crippen LogP contribution in [0.4, 0.5) is 11.4 Å². The number of carbonyl (C=O) groups is 2. The van der Waals surface area contributed by atoms with Gasteiger partial charge in [0.25, 0.3) is 11.8 Å². The highest BCUT2D eigenvalue weighted by Gasteiger charge is 2.66. The Morgan fingerprint density at radius 3 is 1.74 bits per heavy atom. The normalized spacial score (nSPS) is 28.9. The molecule has 10 heteroatoms. The van der Waals surface area contributed by atoms with E-state index in [4.69, 9.17) is 10.4 Å². The van der Waals surface area contributed by atoms with E-state index in [1.165, 1.54) is 48.5 Å². The Morgan fingerprint density at radius 1 is 0.853 bits per heavy atom. The molecule has 2 fully saturated rings. The lowest BCUT2D eigenvalue weighted by atomic mass is 9.69. The molecule has 2 aliphatic rings. The van der Waals surface area contributed by atoms with E-state index in [0.717, 1.165) is 12.8 Å². The number of benzene rings is 2. The van der Waals surface area contributed by atoms with Gasteiger partial charge in [-0.3, -0.25) is 9.59 Å². The van der Waals surface area contributed by atoms with Gasteiger partial charge in [0, 0.05) is 35.4 Å². The van der Waals surface area contributed by atoms with Crippen molar-refractivity contribution in [3.8, 4) is 0 Å². The van der Waals surface area contributed by atoms with E-state index in [1.807, 2.05) is 0 Å². The van der Waals surface area contributed by atoms with E-state index < -0.39 is 10.5 Å². The number of amides is 2. The van der Waals surface area contributed by atoms with Crippen molar-refractivity contribution in [3.05, 3.63) is 70.1 Å². The highest BCUT2D eigenvalue weighted by atomic mass is 16.8. The summed E-state index contributed by atoms with van der Waals surface area (Å²) in [5.41, 5.74) is 0.518. The molecule has 6 atom stereocenters. The summed E-state index contributed by atoms with van der Waals surface area (Å²) >= 11 is 0. The van der Waals surface area contributed by atoms with Crippen LogP contribution in [-0.4, -0.2) is 34.3 Å². The zero-order valence-corrected chi connectivity index (χ0v) is 19.3. The summed E-state index contributed by atoms with van der Waals surface area (Å²) < 4.78 is 0. The highest BCUT2D eigenvalue weighted by Crippen LogP contribution is 2.65. The predicted octanol–water partition coefficient (Wildman–Crippen LogP) is 0.847. The molecule has 0 aliphatic heterocycles. The van der Waals surface area contributed by atoms with Crippen molar-refractivity contribution in [2.24, 2.45) is 16.7 Å². The van der Waals surface area contributed by atoms with Crippen LogP contribution in [0.2, 0.25) is 0 Å². The van der Waals surface area contributed by atoms with Gasteiger partial charge in [0.05, 0.1) is 12.1 Å². The van der Waals surface area contributed by atoms with Crippen LogP contribution in [0.25, 0.3) is 0 Å². The first-order chi connectivity index (χ1) is 16.0. The fraction of sp³-hybridized carbons (Fsp3) is 0.417. The van der Waals surface area contributed by atoms with E-state index in [9.17, 15) is 20.0 Å². The molecule has 0 saturated heterocycles. The second kappa shape index (κ2) is 8.73. The van der Waals surface area contributed by atoms with Crippen molar-refractivity contribution in [3.63, 3.8) is 0 Å². The molecule has 2 aromatic rings. The molecule has 0 heterocycles. The first-order valence-electron chi connectivity index (χ1n) is 11.2. The molecule has 2 aliphatic carbocycles. The van der Waals surface area contributed by atoms with Crippen molar-refractivity contribution in [1.82, 2.24) is 10.6 Å². The third kappa shape index (κ3) is 3.98. The lowest BCUT2D eigenvalue weighted by molar-refractivity contribution is -0.991. The van der Waals surface area contributed by atoms with E-state index in [1.54, 1.807) is 0 Å². The minimum atomic E-state index is -1.06. The van der Waals surface area contributed by atoms with Gasteiger partial charge in [-0.15, -0.1) is 0 Å². The van der Waals surface area contributed by atoms with Crippen molar-refractivity contribution < 1.29 is 30.5 Å². The average molecular weight is 471 g/mol. The van der Waals surface area contributed by atoms with Crippen LogP contribution in [0.15, 0.2) is 48.5 Å². The molecule has 2 amide bonds. The third-order valence-corrected chi connectivity index (χ3v) is 8.23. The molecule has 10 nitrogen and oxygen atoms in total. The van der Waals surface area contributed by atoms with E-state index in [0.29, 0.717) is 11.1 Å². The third-order valence-electron chi connectivity index (χ3n) is 8.23. The Balaban J connectivity index is 1.56. The molecule has 0 aromatic heterocycles. The maximum Gasteiger partial charge on any atom is 0.251 e. The molecule has 6 N–H and O–H groups in total. The van der Waals surface area contributed by atoms with Crippen LogP contribution in [0.3, 0.4) is 0 Å². The standard InChI is InChI=1S/C24H30N4O6/c1-23(2)18-12-13-24(23,3)20(26-22(30)15-6-10-17(11-7-15)28(33)34)19(18)25-21(29)14-4-8-16(9-5-14)27(31)32/h4-11,18-20,27-28,31,33H,12-13H2,1-3H3,(H,25,29)(H,26,30)/t18-,19+,20+,24+/m0/s1. The molecule has 2 unspecified atom stereocenters. The molecule has 2 aromatic carbocycles. The summed E-state index contributed by atoms with van der Waals surface area (Å²) in [7, 11) is 0. The van der Waals surface area contributed by atoms with Gasteiger partial charge in [-0.25, -0.2) is 10.4 Å². The summed E-state index contributed by atoms with van der Waals surface area (Å²) in [6, 6.07) is 10.9. The summed E-state index contributed by atoms with van der Waals surface area (Å²) in [5.74, 6) is -0.491. The number of nitrogens with one attached hydrogen (secondary N) is 4. The Labute approximate surface area is 197 Å². The van der Waals surface area contributed by atoms with Gasteiger partial charge in [-0.2, -0.15) is 10.5 Å². The summed E-state index contributed by atoms with van der Waals surface area (Å²) in [5, 5.41) is 44.5. The van der Waals surface area contributed by atoms with Gasteiger partial charge in [-0.05, 0) is 53.9 Å². The Hall–Kier alpha value is -2.86. The number of carbonyl (C=O) groups excluding carboxylic acids is 2. The first-order valence-corrected chi connectivity index (χ1v) is 11.2. The van der Waals surface area contributed by atoms with Gasteiger partial charge in [0.1, 0.15) is 0 Å².